The first-order valence-corrected chi connectivity index (χ1v) is 13.4. The average molecular weight is 568 g/mol. The molecule has 2 aromatic carbocycles. The van der Waals surface area contributed by atoms with Gasteiger partial charge in [-0.05, 0) is 29.7 Å². The Morgan fingerprint density at radius 3 is 2.80 bits per heavy atom. The number of hydrogen-bond donors (Lipinski definition) is 1. The summed E-state index contributed by atoms with van der Waals surface area (Å²) in [6.45, 7) is -0.388. The van der Waals surface area contributed by atoms with Crippen LogP contribution in [0.3, 0.4) is 0 Å². The molecule has 0 aliphatic carbocycles. The number of amides is 1. The van der Waals surface area contributed by atoms with Crippen LogP contribution in [0.25, 0.3) is 11.3 Å². The van der Waals surface area contributed by atoms with E-state index in [1.807, 2.05) is 36.4 Å². The van der Waals surface area contributed by atoms with E-state index in [2.05, 4.69) is 10.2 Å². The fourth-order valence-electron chi connectivity index (χ4n) is 5.18. The third kappa shape index (κ3) is 4.37. The molecule has 40 heavy (non-hydrogen) atoms. The number of rotatable bonds is 4. The first-order chi connectivity index (χ1) is 19.4. The fraction of sp³-hybridized carbons (Fsp3) is 0.250. The Labute approximate surface area is 231 Å². The highest BCUT2D eigenvalue weighted by molar-refractivity contribution is 7.98. The molecule has 3 aliphatic rings. The molecule has 206 valence electrons. The lowest BCUT2D eigenvalue weighted by atomic mass is 9.92. The van der Waals surface area contributed by atoms with E-state index >= 15 is 8.78 Å². The number of benzene rings is 2. The quantitative estimate of drug-likeness (QED) is 0.282. The van der Waals surface area contributed by atoms with E-state index in [0.29, 0.717) is 24.9 Å². The van der Waals surface area contributed by atoms with Crippen molar-refractivity contribution < 1.29 is 32.6 Å². The van der Waals surface area contributed by atoms with Crippen LogP contribution in [0.4, 0.5) is 13.6 Å². The lowest BCUT2D eigenvalue weighted by molar-refractivity contribution is 0.0135. The second-order valence-electron chi connectivity index (χ2n) is 9.33. The minimum Gasteiger partial charge on any atom is -0.451 e. The van der Waals surface area contributed by atoms with Gasteiger partial charge in [-0.15, -0.1) is 11.8 Å². The van der Waals surface area contributed by atoms with Gasteiger partial charge in [0.05, 0.1) is 12.8 Å². The van der Waals surface area contributed by atoms with Crippen molar-refractivity contribution in [3.8, 4) is 17.0 Å². The van der Waals surface area contributed by atoms with Gasteiger partial charge >= 0.3 is 6.16 Å². The molecule has 1 amide bonds. The Kier molecular flexibility index (Phi) is 6.70. The van der Waals surface area contributed by atoms with E-state index in [9.17, 15) is 14.4 Å². The molecular weight excluding hydrogens is 544 g/mol. The monoisotopic (exact) mass is 567 g/mol. The highest BCUT2D eigenvalue weighted by atomic mass is 32.2. The van der Waals surface area contributed by atoms with E-state index < -0.39 is 42.1 Å². The van der Waals surface area contributed by atoms with E-state index in [4.69, 9.17) is 9.47 Å². The molecule has 0 bridgehead atoms. The Morgan fingerprint density at radius 1 is 1.15 bits per heavy atom. The standard InChI is InChI=1S/C28H23F2N3O6S/c1-37-28(36)39-14-38-26-21(34)12-20(33-25(26)27(35)32-9-5-4-8-23(32)31-33)17-11-19(29)24(30)18-13-40-22-7-3-2-6-15(22)10-16(17)18/h2-7,11-12,23,31H,8-10,13-14H2,1H3. The van der Waals surface area contributed by atoms with Gasteiger partial charge in [-0.1, -0.05) is 30.4 Å². The van der Waals surface area contributed by atoms with Crippen molar-refractivity contribution in [3.63, 3.8) is 0 Å². The number of fused-ring (bicyclic) bond motifs is 4. The minimum atomic E-state index is -1.06. The maximum atomic E-state index is 15.2. The summed E-state index contributed by atoms with van der Waals surface area (Å²) in [6.07, 6.45) is 3.06. The number of ether oxygens (including phenoxy) is 3. The van der Waals surface area contributed by atoms with Gasteiger partial charge in [0.2, 0.25) is 18.0 Å². The van der Waals surface area contributed by atoms with Crippen LogP contribution in [-0.4, -0.2) is 48.3 Å². The SMILES string of the molecule is COC(=O)OCOc1c2n(c(-c3cc(F)c(F)c4c3Cc3ccccc3SC4)cc1=O)NC1CC=CCN1C2=O. The fourth-order valence-corrected chi connectivity index (χ4v) is 6.28. The number of aromatic nitrogens is 1. The van der Waals surface area contributed by atoms with Crippen molar-refractivity contribution in [2.75, 3.05) is 25.9 Å². The molecule has 4 heterocycles. The summed E-state index contributed by atoms with van der Waals surface area (Å²) in [7, 11) is 1.12. The number of carbonyl (C=O) groups is 2. The molecule has 1 N–H and O–H groups in total. The summed E-state index contributed by atoms with van der Waals surface area (Å²) in [4.78, 5) is 41.1. The number of nitrogens with one attached hydrogen (secondary N) is 1. The van der Waals surface area contributed by atoms with Crippen molar-refractivity contribution in [2.45, 2.75) is 29.7 Å². The Hall–Kier alpha value is -4.32. The molecule has 3 aliphatic heterocycles. The van der Waals surface area contributed by atoms with Crippen molar-refractivity contribution >= 4 is 23.8 Å². The maximum Gasteiger partial charge on any atom is 0.510 e. The van der Waals surface area contributed by atoms with Crippen molar-refractivity contribution in [1.29, 1.82) is 0 Å². The molecule has 1 aromatic heterocycles. The highest BCUT2D eigenvalue weighted by Crippen LogP contribution is 2.41. The van der Waals surface area contributed by atoms with Crippen molar-refractivity contribution in [2.24, 2.45) is 0 Å². The number of hydrogen-bond acceptors (Lipinski definition) is 8. The van der Waals surface area contributed by atoms with Crippen LogP contribution < -0.4 is 15.6 Å². The third-order valence-electron chi connectivity index (χ3n) is 7.09. The molecule has 12 heteroatoms. The molecule has 3 aromatic rings. The molecule has 0 spiro atoms. The smallest absolute Gasteiger partial charge is 0.451 e. The normalized spacial score (nSPS) is 17.0. The predicted octanol–water partition coefficient (Wildman–Crippen LogP) is 4.39. The summed E-state index contributed by atoms with van der Waals surface area (Å²) in [5.74, 6) is -2.66. The van der Waals surface area contributed by atoms with E-state index in [1.165, 1.54) is 27.4 Å². The lowest BCUT2D eigenvalue weighted by Crippen LogP contribution is -2.55. The van der Waals surface area contributed by atoms with Crippen LogP contribution >= 0.6 is 11.8 Å². The number of nitrogens with zero attached hydrogens (tertiary/aromatic N) is 2. The number of thioether (sulfide) groups is 1. The molecule has 0 saturated carbocycles. The van der Waals surface area contributed by atoms with Crippen LogP contribution in [0.15, 0.2) is 58.2 Å². The molecule has 6 rings (SSSR count). The van der Waals surface area contributed by atoms with E-state index in [-0.39, 0.29) is 34.0 Å². The molecular formula is C28H23F2N3O6S. The van der Waals surface area contributed by atoms with Crippen LogP contribution in [0.5, 0.6) is 5.75 Å². The largest absolute Gasteiger partial charge is 0.510 e. The number of carbonyl (C=O) groups excluding carboxylic acids is 2. The zero-order valence-corrected chi connectivity index (χ0v) is 22.1. The van der Waals surface area contributed by atoms with Gasteiger partial charge < -0.3 is 24.5 Å². The molecule has 1 unspecified atom stereocenters. The van der Waals surface area contributed by atoms with Crippen LogP contribution in [0.2, 0.25) is 0 Å². The number of pyridine rings is 1. The van der Waals surface area contributed by atoms with Gasteiger partial charge in [-0.3, -0.25) is 9.59 Å². The third-order valence-corrected chi connectivity index (χ3v) is 8.23. The zero-order chi connectivity index (χ0) is 28.0. The summed E-state index contributed by atoms with van der Waals surface area (Å²) in [6, 6.07) is 9.90. The molecule has 9 nitrogen and oxygen atoms in total. The second kappa shape index (κ2) is 10.3. The molecule has 0 fully saturated rings. The molecule has 0 saturated heterocycles. The van der Waals surface area contributed by atoms with Gasteiger partial charge in [0.15, 0.2) is 17.3 Å². The van der Waals surface area contributed by atoms with Crippen LogP contribution in [-0.2, 0) is 21.6 Å². The van der Waals surface area contributed by atoms with Crippen molar-refractivity contribution in [1.82, 2.24) is 9.58 Å². The van der Waals surface area contributed by atoms with E-state index in [1.54, 1.807) is 0 Å². The Morgan fingerprint density at radius 2 is 1.98 bits per heavy atom. The Balaban J connectivity index is 1.55. The van der Waals surface area contributed by atoms with Crippen LogP contribution in [0, 0.1) is 11.6 Å². The van der Waals surface area contributed by atoms with Gasteiger partial charge in [-0.25, -0.2) is 18.3 Å². The maximum absolute atomic E-state index is 15.2. The lowest BCUT2D eigenvalue weighted by Gasteiger charge is -2.41. The van der Waals surface area contributed by atoms with Crippen LogP contribution in [0.1, 0.15) is 33.6 Å². The topological polar surface area (TPSA) is 99.1 Å². The zero-order valence-electron chi connectivity index (χ0n) is 21.2. The minimum absolute atomic E-state index is 0.149. The van der Waals surface area contributed by atoms with E-state index in [0.717, 1.165) is 23.6 Å². The summed E-state index contributed by atoms with van der Waals surface area (Å²) in [5.41, 5.74) is 4.53. The number of methoxy groups -OCH3 is 1. The second-order valence-corrected chi connectivity index (χ2v) is 10.3. The Bertz CT molecular complexity index is 1640. The summed E-state index contributed by atoms with van der Waals surface area (Å²) < 4.78 is 46.3. The van der Waals surface area contributed by atoms with Crippen molar-refractivity contribution in [3.05, 3.63) is 92.8 Å². The number of halogens is 2. The summed E-state index contributed by atoms with van der Waals surface area (Å²) in [5, 5.41) is 0. The summed E-state index contributed by atoms with van der Waals surface area (Å²) >= 11 is 1.41. The molecule has 0 radical (unpaired) electrons. The predicted molar refractivity (Wildman–Crippen MR) is 142 cm³/mol. The first-order valence-electron chi connectivity index (χ1n) is 12.4. The van der Waals surface area contributed by atoms with Gasteiger partial charge in [-0.2, -0.15) is 0 Å². The van der Waals surface area contributed by atoms with Gasteiger partial charge in [0, 0.05) is 40.8 Å². The van der Waals surface area contributed by atoms with Gasteiger partial charge in [0.25, 0.3) is 5.91 Å². The highest BCUT2D eigenvalue weighted by Gasteiger charge is 2.38. The molecule has 1 atom stereocenters. The van der Waals surface area contributed by atoms with Gasteiger partial charge in [0.1, 0.15) is 6.17 Å². The first kappa shape index (κ1) is 25.9. The average Bonchev–Trinajstić information content (AvgIpc) is 3.16.